The van der Waals surface area contributed by atoms with Gasteiger partial charge in [0.1, 0.15) is 0 Å². The molecule has 3 N–H and O–H groups in total. The SMILES string of the molecule is ON=C(CSc1nc(-c2ccccc2)c(-c2ccccc2)[nH]1)CSc1nc(-c2ccccc2)c(-c2ccccc2)[nH]1. The number of hydrogen-bond donors (Lipinski definition) is 3. The highest BCUT2D eigenvalue weighted by atomic mass is 32.2. The zero-order valence-corrected chi connectivity index (χ0v) is 23.7. The molecule has 8 heteroatoms. The van der Waals surface area contributed by atoms with Gasteiger partial charge in [0, 0.05) is 33.8 Å². The molecular formula is C33H27N5OS2. The Bertz CT molecular complexity index is 1490. The number of rotatable bonds is 10. The van der Waals surface area contributed by atoms with Crippen LogP contribution in [0.25, 0.3) is 45.0 Å². The van der Waals surface area contributed by atoms with E-state index in [-0.39, 0.29) is 0 Å². The van der Waals surface area contributed by atoms with Gasteiger partial charge >= 0.3 is 0 Å². The maximum atomic E-state index is 9.81. The van der Waals surface area contributed by atoms with Crippen molar-refractivity contribution < 1.29 is 5.21 Å². The number of benzene rings is 4. The van der Waals surface area contributed by atoms with Crippen LogP contribution in [0.1, 0.15) is 0 Å². The highest BCUT2D eigenvalue weighted by Crippen LogP contribution is 2.34. The maximum absolute atomic E-state index is 9.81. The molecule has 2 aromatic heterocycles. The maximum Gasteiger partial charge on any atom is 0.166 e. The van der Waals surface area contributed by atoms with Gasteiger partial charge in [-0.15, -0.1) is 0 Å². The molecular weight excluding hydrogens is 547 g/mol. The van der Waals surface area contributed by atoms with Crippen LogP contribution >= 0.6 is 23.5 Å². The molecule has 0 saturated heterocycles. The summed E-state index contributed by atoms with van der Waals surface area (Å²) >= 11 is 3.03. The molecule has 0 radical (unpaired) electrons. The number of nitrogens with one attached hydrogen (secondary N) is 2. The molecule has 0 aliphatic heterocycles. The van der Waals surface area contributed by atoms with Crippen molar-refractivity contribution in [2.24, 2.45) is 5.16 Å². The number of aromatic amines is 2. The van der Waals surface area contributed by atoms with Crippen molar-refractivity contribution in [3.8, 4) is 45.0 Å². The van der Waals surface area contributed by atoms with Crippen molar-refractivity contribution in [3.63, 3.8) is 0 Å². The first-order valence-corrected chi connectivity index (χ1v) is 15.1. The first kappa shape index (κ1) is 26.7. The van der Waals surface area contributed by atoms with Crippen LogP contribution in [0.15, 0.2) is 137 Å². The lowest BCUT2D eigenvalue weighted by Crippen LogP contribution is -2.06. The van der Waals surface area contributed by atoms with E-state index in [1.54, 1.807) is 0 Å². The fraction of sp³-hybridized carbons (Fsp3) is 0.0606. The van der Waals surface area contributed by atoms with Crippen LogP contribution in [0.3, 0.4) is 0 Å². The summed E-state index contributed by atoms with van der Waals surface area (Å²) in [5.41, 5.74) is 8.59. The molecule has 0 aliphatic rings. The van der Waals surface area contributed by atoms with Gasteiger partial charge in [-0.05, 0) is 0 Å². The van der Waals surface area contributed by atoms with Crippen LogP contribution in [-0.4, -0.2) is 42.4 Å². The van der Waals surface area contributed by atoms with Gasteiger partial charge in [-0.3, -0.25) is 0 Å². The summed E-state index contributed by atoms with van der Waals surface area (Å²) in [7, 11) is 0. The lowest BCUT2D eigenvalue weighted by Gasteiger charge is -2.02. The molecule has 6 aromatic rings. The smallest absolute Gasteiger partial charge is 0.166 e. The zero-order chi connectivity index (χ0) is 27.9. The van der Waals surface area contributed by atoms with Crippen molar-refractivity contribution >= 4 is 29.2 Å². The molecule has 0 atom stereocenters. The number of aromatic nitrogens is 4. The minimum absolute atomic E-state index is 0.483. The molecule has 4 aromatic carbocycles. The molecule has 0 fully saturated rings. The molecule has 0 spiro atoms. The number of hydrogen-bond acceptors (Lipinski definition) is 6. The van der Waals surface area contributed by atoms with Gasteiger partial charge < -0.3 is 15.2 Å². The van der Waals surface area contributed by atoms with E-state index in [1.165, 1.54) is 23.5 Å². The molecule has 202 valence electrons. The molecule has 6 rings (SSSR count). The Hall–Kier alpha value is -4.53. The largest absolute Gasteiger partial charge is 0.411 e. The fourth-order valence-electron chi connectivity index (χ4n) is 4.48. The van der Waals surface area contributed by atoms with Gasteiger partial charge in [0.2, 0.25) is 0 Å². The summed E-state index contributed by atoms with van der Waals surface area (Å²) in [6.07, 6.45) is 0. The van der Waals surface area contributed by atoms with Crippen LogP contribution in [0.2, 0.25) is 0 Å². The van der Waals surface area contributed by atoms with E-state index in [0.29, 0.717) is 17.2 Å². The van der Waals surface area contributed by atoms with E-state index in [9.17, 15) is 5.21 Å². The number of H-pyrrole nitrogens is 2. The summed E-state index contributed by atoms with van der Waals surface area (Å²) in [5.74, 6) is 0.967. The van der Waals surface area contributed by atoms with E-state index in [4.69, 9.17) is 9.97 Å². The fourth-order valence-corrected chi connectivity index (χ4v) is 6.20. The minimum atomic E-state index is 0.483. The molecule has 0 aliphatic carbocycles. The summed E-state index contributed by atoms with van der Waals surface area (Å²) in [4.78, 5) is 16.8. The Morgan fingerprint density at radius 2 is 0.878 bits per heavy atom. The second-order valence-corrected chi connectivity index (χ2v) is 11.2. The predicted molar refractivity (Wildman–Crippen MR) is 170 cm³/mol. The summed E-state index contributed by atoms with van der Waals surface area (Å²) in [6, 6.07) is 40.7. The van der Waals surface area contributed by atoms with E-state index >= 15 is 0 Å². The normalized spacial score (nSPS) is 10.9. The van der Waals surface area contributed by atoms with Gasteiger partial charge in [0.25, 0.3) is 0 Å². The summed E-state index contributed by atoms with van der Waals surface area (Å²) in [5, 5.41) is 15.0. The van der Waals surface area contributed by atoms with Crippen LogP contribution < -0.4 is 0 Å². The number of nitrogens with zero attached hydrogens (tertiary/aromatic N) is 3. The average Bonchev–Trinajstić information content (AvgIpc) is 3.68. The molecule has 0 unspecified atom stereocenters. The van der Waals surface area contributed by atoms with Gasteiger partial charge in [0.15, 0.2) is 10.3 Å². The van der Waals surface area contributed by atoms with Gasteiger partial charge in [-0.2, -0.15) is 0 Å². The Morgan fingerprint density at radius 1 is 0.537 bits per heavy atom. The lowest BCUT2D eigenvalue weighted by atomic mass is 10.1. The average molecular weight is 574 g/mol. The summed E-state index contributed by atoms with van der Waals surface area (Å²) < 4.78 is 0. The number of thioether (sulfide) groups is 2. The molecule has 2 heterocycles. The molecule has 0 amide bonds. The number of oxime groups is 1. The Labute approximate surface area is 247 Å². The van der Waals surface area contributed by atoms with Crippen molar-refractivity contribution in [2.75, 3.05) is 11.5 Å². The van der Waals surface area contributed by atoms with E-state index in [2.05, 4.69) is 63.7 Å². The van der Waals surface area contributed by atoms with Crippen LogP contribution in [0, 0.1) is 0 Å². The highest BCUT2D eigenvalue weighted by molar-refractivity contribution is 8.01. The van der Waals surface area contributed by atoms with E-state index in [0.717, 1.165) is 55.3 Å². The highest BCUT2D eigenvalue weighted by Gasteiger charge is 2.17. The Morgan fingerprint density at radius 3 is 1.22 bits per heavy atom. The molecule has 6 nitrogen and oxygen atoms in total. The first-order chi connectivity index (χ1) is 20.3. The van der Waals surface area contributed by atoms with Crippen LogP contribution in [0.4, 0.5) is 0 Å². The van der Waals surface area contributed by atoms with Crippen molar-refractivity contribution in [2.45, 2.75) is 10.3 Å². The quantitative estimate of drug-likeness (QED) is 0.0661. The van der Waals surface area contributed by atoms with Crippen molar-refractivity contribution in [3.05, 3.63) is 121 Å². The van der Waals surface area contributed by atoms with Crippen LogP contribution in [0.5, 0.6) is 0 Å². The van der Waals surface area contributed by atoms with Crippen LogP contribution in [-0.2, 0) is 0 Å². The summed E-state index contributed by atoms with van der Waals surface area (Å²) in [6.45, 7) is 0. The third kappa shape index (κ3) is 6.29. The van der Waals surface area contributed by atoms with Gasteiger partial charge in [-0.25, -0.2) is 9.97 Å². The Balaban J connectivity index is 1.18. The van der Waals surface area contributed by atoms with Gasteiger partial charge in [0.05, 0.1) is 28.5 Å². The minimum Gasteiger partial charge on any atom is -0.411 e. The topological polar surface area (TPSA) is 89.9 Å². The predicted octanol–water partition coefficient (Wildman–Crippen LogP) is 8.52. The molecule has 0 bridgehead atoms. The third-order valence-corrected chi connectivity index (χ3v) is 8.36. The first-order valence-electron chi connectivity index (χ1n) is 13.2. The van der Waals surface area contributed by atoms with E-state index in [1.807, 2.05) is 72.8 Å². The van der Waals surface area contributed by atoms with Crippen molar-refractivity contribution in [1.82, 2.24) is 19.9 Å². The zero-order valence-electron chi connectivity index (χ0n) is 22.1. The lowest BCUT2D eigenvalue weighted by molar-refractivity contribution is 0.318. The molecule has 0 saturated carbocycles. The molecule has 41 heavy (non-hydrogen) atoms. The number of imidazole rings is 2. The second kappa shape index (κ2) is 12.8. The monoisotopic (exact) mass is 573 g/mol. The standard InChI is InChI=1S/C33H27N5OS2/c39-38-27(21-40-32-34-28(23-13-5-1-6-14-23)29(35-32)24-15-7-2-8-16-24)22-41-33-36-30(25-17-9-3-10-18-25)31(37-33)26-19-11-4-12-20-26/h1-20,39H,21-22H2,(H,34,35)(H,36,37). The van der Waals surface area contributed by atoms with Gasteiger partial charge in [-0.1, -0.05) is 150 Å². The van der Waals surface area contributed by atoms with E-state index < -0.39 is 0 Å². The second-order valence-electron chi connectivity index (χ2n) is 9.24. The third-order valence-electron chi connectivity index (χ3n) is 6.48. The Kier molecular flexibility index (Phi) is 8.30. The van der Waals surface area contributed by atoms with Crippen molar-refractivity contribution in [1.29, 1.82) is 0 Å².